The summed E-state index contributed by atoms with van der Waals surface area (Å²) in [7, 11) is 0. The van der Waals surface area contributed by atoms with Crippen LogP contribution in [0, 0.1) is 11.3 Å². The molecule has 0 aliphatic carbocycles. The molecule has 0 saturated carbocycles. The van der Waals surface area contributed by atoms with E-state index in [9.17, 15) is 13.2 Å². The smallest absolute Gasteiger partial charge is 0.396 e. The van der Waals surface area contributed by atoms with Gasteiger partial charge in [0, 0.05) is 5.56 Å². The zero-order valence-electron chi connectivity index (χ0n) is 13.0. The number of nitrogens with zero attached hydrogens (tertiary/aromatic N) is 1. The van der Waals surface area contributed by atoms with Crippen molar-refractivity contribution in [2.24, 2.45) is 11.6 Å². The molecule has 7 heteroatoms. The first kappa shape index (κ1) is 18.1. The molecule has 0 aliphatic heterocycles. The van der Waals surface area contributed by atoms with Crippen LogP contribution in [-0.2, 0) is 6.18 Å². The van der Waals surface area contributed by atoms with Crippen molar-refractivity contribution in [1.29, 1.82) is 5.26 Å². The molecule has 2 aromatic carbocycles. The van der Waals surface area contributed by atoms with E-state index >= 15 is 0 Å². The van der Waals surface area contributed by atoms with Gasteiger partial charge in [0.1, 0.15) is 6.07 Å². The number of nitriles is 1. The first-order valence-corrected chi connectivity index (χ1v) is 7.18. The van der Waals surface area contributed by atoms with Gasteiger partial charge in [0.25, 0.3) is 0 Å². The standard InChI is InChI=1S/C18H15F3N4/c19-18(20,21)14-9-8-13(7-6-12-4-2-1-3-5-12)15(10-14)17(23)16(11-22)25-24/h1-10,25H,23-24H2/b7-6+,17-16-. The number of hydrogen-bond acceptors (Lipinski definition) is 4. The predicted octanol–water partition coefficient (Wildman–Crippen LogP) is 3.49. The molecule has 0 saturated heterocycles. The number of allylic oxidation sites excluding steroid dienone is 1. The van der Waals surface area contributed by atoms with Crippen molar-refractivity contribution in [1.82, 2.24) is 5.43 Å². The van der Waals surface area contributed by atoms with Gasteiger partial charge in [-0.15, -0.1) is 0 Å². The molecule has 0 aromatic heterocycles. The Hall–Kier alpha value is -3.24. The van der Waals surface area contributed by atoms with Crippen LogP contribution in [0.1, 0.15) is 22.3 Å². The van der Waals surface area contributed by atoms with Gasteiger partial charge in [-0.25, -0.2) is 5.84 Å². The minimum atomic E-state index is -4.53. The predicted molar refractivity (Wildman–Crippen MR) is 90.9 cm³/mol. The summed E-state index contributed by atoms with van der Waals surface area (Å²) in [6.45, 7) is 0. The van der Waals surface area contributed by atoms with Gasteiger partial charge in [0.2, 0.25) is 0 Å². The molecule has 0 amide bonds. The molecule has 4 nitrogen and oxygen atoms in total. The average molecular weight is 344 g/mol. The number of benzene rings is 2. The highest BCUT2D eigenvalue weighted by Crippen LogP contribution is 2.32. The fourth-order valence-electron chi connectivity index (χ4n) is 2.17. The number of halogens is 3. The number of hydrogen-bond donors (Lipinski definition) is 3. The number of nitrogens with one attached hydrogen (secondary N) is 1. The van der Waals surface area contributed by atoms with Crippen molar-refractivity contribution in [2.45, 2.75) is 6.18 Å². The van der Waals surface area contributed by atoms with Crippen LogP contribution >= 0.6 is 0 Å². The molecule has 0 radical (unpaired) electrons. The largest absolute Gasteiger partial charge is 0.416 e. The van der Waals surface area contributed by atoms with Gasteiger partial charge in [-0.2, -0.15) is 18.4 Å². The molecule has 0 heterocycles. The van der Waals surface area contributed by atoms with Crippen LogP contribution in [0.5, 0.6) is 0 Å². The maximum Gasteiger partial charge on any atom is 0.416 e. The van der Waals surface area contributed by atoms with E-state index in [1.807, 2.05) is 30.3 Å². The summed E-state index contributed by atoms with van der Waals surface area (Å²) in [5, 5.41) is 9.02. The van der Waals surface area contributed by atoms with Crippen molar-refractivity contribution in [3.63, 3.8) is 0 Å². The Balaban J connectivity index is 2.58. The summed E-state index contributed by atoms with van der Waals surface area (Å²) in [6, 6.07) is 14.1. The number of alkyl halides is 3. The Morgan fingerprint density at radius 3 is 2.32 bits per heavy atom. The van der Waals surface area contributed by atoms with E-state index in [0.29, 0.717) is 5.56 Å². The second-order valence-corrected chi connectivity index (χ2v) is 5.09. The number of hydrazine groups is 1. The fourth-order valence-corrected chi connectivity index (χ4v) is 2.17. The highest BCUT2D eigenvalue weighted by Gasteiger charge is 2.31. The van der Waals surface area contributed by atoms with E-state index in [4.69, 9.17) is 16.8 Å². The Morgan fingerprint density at radius 2 is 1.76 bits per heavy atom. The molecule has 0 bridgehead atoms. The fraction of sp³-hybridized carbons (Fsp3) is 0.0556. The molecule has 0 spiro atoms. The summed E-state index contributed by atoms with van der Waals surface area (Å²) < 4.78 is 39.0. The van der Waals surface area contributed by atoms with E-state index in [1.54, 1.807) is 18.2 Å². The molecule has 0 unspecified atom stereocenters. The molecule has 0 aliphatic rings. The Labute approximate surface area is 142 Å². The van der Waals surface area contributed by atoms with Crippen LogP contribution in [-0.4, -0.2) is 0 Å². The molecule has 0 fully saturated rings. The van der Waals surface area contributed by atoms with Gasteiger partial charge in [-0.3, -0.25) is 0 Å². The Bertz CT molecular complexity index is 847. The number of nitrogens with two attached hydrogens (primary N) is 2. The van der Waals surface area contributed by atoms with Gasteiger partial charge in [0.15, 0.2) is 5.70 Å². The van der Waals surface area contributed by atoms with E-state index in [1.165, 1.54) is 6.07 Å². The lowest BCUT2D eigenvalue weighted by Crippen LogP contribution is -2.23. The summed E-state index contributed by atoms with van der Waals surface area (Å²) in [6.07, 6.45) is -1.16. The monoisotopic (exact) mass is 344 g/mol. The average Bonchev–Trinajstić information content (AvgIpc) is 2.61. The highest BCUT2D eigenvalue weighted by atomic mass is 19.4. The molecule has 2 rings (SSSR count). The molecule has 128 valence electrons. The number of rotatable bonds is 4. The summed E-state index contributed by atoms with van der Waals surface area (Å²) in [5.41, 5.74) is 8.07. The molecule has 0 atom stereocenters. The van der Waals surface area contributed by atoms with Gasteiger partial charge in [0.05, 0.1) is 11.3 Å². The van der Waals surface area contributed by atoms with Crippen molar-refractivity contribution >= 4 is 17.8 Å². The van der Waals surface area contributed by atoms with E-state index in [2.05, 4.69) is 5.43 Å². The Morgan fingerprint density at radius 1 is 1.08 bits per heavy atom. The zero-order chi connectivity index (χ0) is 18.4. The van der Waals surface area contributed by atoms with Gasteiger partial charge < -0.3 is 11.2 Å². The van der Waals surface area contributed by atoms with Crippen LogP contribution in [0.4, 0.5) is 13.2 Å². The second-order valence-electron chi connectivity index (χ2n) is 5.09. The third-order valence-corrected chi connectivity index (χ3v) is 3.45. The van der Waals surface area contributed by atoms with Crippen molar-refractivity contribution in [3.05, 3.63) is 76.5 Å². The minimum absolute atomic E-state index is 0.0662. The summed E-state index contributed by atoms with van der Waals surface area (Å²) in [5.74, 6) is 5.21. The maximum absolute atomic E-state index is 13.0. The Kier molecular flexibility index (Phi) is 5.47. The van der Waals surface area contributed by atoms with Crippen LogP contribution < -0.4 is 17.0 Å². The van der Waals surface area contributed by atoms with Crippen molar-refractivity contribution < 1.29 is 13.2 Å². The first-order chi connectivity index (χ1) is 11.9. The van der Waals surface area contributed by atoms with Gasteiger partial charge in [-0.05, 0) is 23.3 Å². The molecular weight excluding hydrogens is 329 g/mol. The molecule has 5 N–H and O–H groups in total. The first-order valence-electron chi connectivity index (χ1n) is 7.18. The van der Waals surface area contributed by atoms with Crippen molar-refractivity contribution in [2.75, 3.05) is 0 Å². The third-order valence-electron chi connectivity index (χ3n) is 3.45. The van der Waals surface area contributed by atoms with Crippen LogP contribution in [0.2, 0.25) is 0 Å². The van der Waals surface area contributed by atoms with Crippen LogP contribution in [0.3, 0.4) is 0 Å². The molecule has 25 heavy (non-hydrogen) atoms. The third kappa shape index (κ3) is 4.40. The molecular formula is C18H15F3N4. The normalized spacial score (nSPS) is 12.6. The topological polar surface area (TPSA) is 87.9 Å². The summed E-state index contributed by atoms with van der Waals surface area (Å²) in [4.78, 5) is 0. The highest BCUT2D eigenvalue weighted by molar-refractivity contribution is 5.80. The van der Waals surface area contributed by atoms with E-state index < -0.39 is 11.7 Å². The summed E-state index contributed by atoms with van der Waals surface area (Å²) >= 11 is 0. The maximum atomic E-state index is 13.0. The molecule has 2 aromatic rings. The van der Waals surface area contributed by atoms with Gasteiger partial charge in [-0.1, -0.05) is 48.6 Å². The lowest BCUT2D eigenvalue weighted by atomic mass is 9.99. The zero-order valence-corrected chi connectivity index (χ0v) is 13.0. The van der Waals surface area contributed by atoms with E-state index in [-0.39, 0.29) is 17.0 Å². The van der Waals surface area contributed by atoms with Crippen molar-refractivity contribution in [3.8, 4) is 6.07 Å². The van der Waals surface area contributed by atoms with Crippen LogP contribution in [0.25, 0.3) is 17.8 Å². The quantitative estimate of drug-likeness (QED) is 0.343. The van der Waals surface area contributed by atoms with Gasteiger partial charge >= 0.3 is 6.18 Å². The van der Waals surface area contributed by atoms with Crippen LogP contribution in [0.15, 0.2) is 54.2 Å². The lowest BCUT2D eigenvalue weighted by molar-refractivity contribution is -0.137. The minimum Gasteiger partial charge on any atom is -0.396 e. The van der Waals surface area contributed by atoms with E-state index in [0.717, 1.165) is 17.7 Å². The SMILES string of the molecule is N#C/C(NN)=C(/N)c1cc(C(F)(F)F)ccc1/C=C/c1ccccc1. The second kappa shape index (κ2) is 7.55. The lowest BCUT2D eigenvalue weighted by Gasteiger charge is -2.13.